The predicted molar refractivity (Wildman–Crippen MR) is 118 cm³/mol. The van der Waals surface area contributed by atoms with Crippen LogP contribution < -0.4 is 0 Å². The van der Waals surface area contributed by atoms with Crippen molar-refractivity contribution in [3.63, 3.8) is 0 Å². The molecule has 0 saturated carbocycles. The van der Waals surface area contributed by atoms with Crippen LogP contribution >= 0.6 is 0 Å². The lowest BCUT2D eigenvalue weighted by molar-refractivity contribution is -0.145. The van der Waals surface area contributed by atoms with E-state index in [1.165, 1.54) is 5.56 Å². The van der Waals surface area contributed by atoms with Crippen molar-refractivity contribution in [1.29, 1.82) is 0 Å². The van der Waals surface area contributed by atoms with Crippen molar-refractivity contribution in [1.82, 2.24) is 4.90 Å². The third-order valence-electron chi connectivity index (χ3n) is 5.21. The standard InChI is InChI=1S/C26H29NO2/c1-3-27(4-2)19-21-15-17-22(18-16-21)20-29-26(28)25(23-11-7-5-8-12-23)24-13-9-6-10-14-24/h5-18,25H,3-4,19-20H2,1-2H3. The van der Waals surface area contributed by atoms with Gasteiger partial charge in [-0.2, -0.15) is 0 Å². The highest BCUT2D eigenvalue weighted by Crippen LogP contribution is 2.26. The Morgan fingerprint density at radius 1 is 0.759 bits per heavy atom. The van der Waals surface area contributed by atoms with Crippen LogP contribution in [0.15, 0.2) is 84.9 Å². The summed E-state index contributed by atoms with van der Waals surface area (Å²) in [6.45, 7) is 7.64. The van der Waals surface area contributed by atoms with E-state index in [4.69, 9.17) is 4.74 Å². The van der Waals surface area contributed by atoms with E-state index in [-0.39, 0.29) is 12.6 Å². The molecular weight excluding hydrogens is 358 g/mol. The van der Waals surface area contributed by atoms with Crippen LogP contribution in [0, 0.1) is 0 Å². The topological polar surface area (TPSA) is 29.5 Å². The minimum absolute atomic E-state index is 0.227. The quantitative estimate of drug-likeness (QED) is 0.460. The molecule has 0 aromatic heterocycles. The van der Waals surface area contributed by atoms with Crippen molar-refractivity contribution < 1.29 is 9.53 Å². The molecule has 3 heteroatoms. The van der Waals surface area contributed by atoms with Gasteiger partial charge in [0, 0.05) is 6.54 Å². The first-order valence-corrected chi connectivity index (χ1v) is 10.3. The Morgan fingerprint density at radius 2 is 1.24 bits per heavy atom. The third-order valence-corrected chi connectivity index (χ3v) is 5.21. The highest BCUT2D eigenvalue weighted by molar-refractivity contribution is 5.82. The maximum atomic E-state index is 13.0. The molecule has 3 nitrogen and oxygen atoms in total. The lowest BCUT2D eigenvalue weighted by Gasteiger charge is -2.18. The van der Waals surface area contributed by atoms with Crippen LogP contribution in [-0.2, 0) is 22.7 Å². The Bertz CT molecular complexity index is 832. The van der Waals surface area contributed by atoms with Gasteiger partial charge in [-0.05, 0) is 35.3 Å². The minimum Gasteiger partial charge on any atom is -0.460 e. The molecule has 0 bridgehead atoms. The summed E-state index contributed by atoms with van der Waals surface area (Å²) < 4.78 is 5.71. The summed E-state index contributed by atoms with van der Waals surface area (Å²) in [6, 6.07) is 27.9. The van der Waals surface area contributed by atoms with E-state index in [9.17, 15) is 4.79 Å². The Kier molecular flexibility index (Phi) is 7.60. The highest BCUT2D eigenvalue weighted by Gasteiger charge is 2.24. The number of benzene rings is 3. The molecule has 0 atom stereocenters. The summed E-state index contributed by atoms with van der Waals surface area (Å²) in [6.07, 6.45) is 0. The smallest absolute Gasteiger partial charge is 0.318 e. The maximum absolute atomic E-state index is 13.0. The van der Waals surface area contributed by atoms with E-state index in [0.717, 1.165) is 36.3 Å². The van der Waals surface area contributed by atoms with Crippen LogP contribution in [0.3, 0.4) is 0 Å². The van der Waals surface area contributed by atoms with Crippen LogP contribution in [0.4, 0.5) is 0 Å². The molecule has 0 saturated heterocycles. The van der Waals surface area contributed by atoms with Gasteiger partial charge in [0.1, 0.15) is 12.5 Å². The van der Waals surface area contributed by atoms with Crippen molar-refractivity contribution in [2.24, 2.45) is 0 Å². The van der Waals surface area contributed by atoms with Gasteiger partial charge in [-0.15, -0.1) is 0 Å². The molecule has 0 aliphatic heterocycles. The first kappa shape index (κ1) is 20.8. The SMILES string of the molecule is CCN(CC)Cc1ccc(COC(=O)C(c2ccccc2)c2ccccc2)cc1. The molecule has 150 valence electrons. The van der Waals surface area contributed by atoms with Crippen LogP contribution in [0.5, 0.6) is 0 Å². The van der Waals surface area contributed by atoms with Gasteiger partial charge in [-0.3, -0.25) is 9.69 Å². The number of ether oxygens (including phenoxy) is 1. The number of rotatable bonds is 9. The van der Waals surface area contributed by atoms with Crippen molar-refractivity contribution in [3.05, 3.63) is 107 Å². The van der Waals surface area contributed by atoms with Crippen LogP contribution in [-0.4, -0.2) is 24.0 Å². The lowest BCUT2D eigenvalue weighted by Crippen LogP contribution is -2.22. The number of carbonyl (C=O) groups is 1. The number of esters is 1. The fraction of sp³-hybridized carbons (Fsp3) is 0.269. The zero-order chi connectivity index (χ0) is 20.5. The molecular formula is C26H29NO2. The van der Waals surface area contributed by atoms with E-state index in [1.807, 2.05) is 72.8 Å². The molecule has 0 aliphatic rings. The number of hydrogen-bond donors (Lipinski definition) is 0. The molecule has 3 aromatic rings. The molecule has 0 N–H and O–H groups in total. The monoisotopic (exact) mass is 387 g/mol. The average Bonchev–Trinajstić information content (AvgIpc) is 2.78. The normalized spacial score (nSPS) is 11.0. The Labute approximate surface area is 174 Å². The molecule has 0 radical (unpaired) electrons. The first-order valence-electron chi connectivity index (χ1n) is 10.3. The Hall–Kier alpha value is -2.91. The van der Waals surface area contributed by atoms with E-state index in [2.05, 4.69) is 30.9 Å². The summed E-state index contributed by atoms with van der Waals surface area (Å²) in [5, 5.41) is 0. The lowest BCUT2D eigenvalue weighted by atomic mass is 9.91. The highest BCUT2D eigenvalue weighted by atomic mass is 16.5. The minimum atomic E-state index is -0.417. The zero-order valence-electron chi connectivity index (χ0n) is 17.3. The number of nitrogens with zero attached hydrogens (tertiary/aromatic N) is 1. The molecule has 0 unspecified atom stereocenters. The zero-order valence-corrected chi connectivity index (χ0v) is 17.3. The fourth-order valence-corrected chi connectivity index (χ4v) is 3.44. The molecule has 3 rings (SSSR count). The van der Waals surface area contributed by atoms with Crippen LogP contribution in [0.1, 0.15) is 42.0 Å². The van der Waals surface area contributed by atoms with Crippen molar-refractivity contribution in [2.75, 3.05) is 13.1 Å². The van der Waals surface area contributed by atoms with Gasteiger partial charge in [0.25, 0.3) is 0 Å². The fourth-order valence-electron chi connectivity index (χ4n) is 3.44. The molecule has 0 amide bonds. The van der Waals surface area contributed by atoms with Gasteiger partial charge in [0.15, 0.2) is 0 Å². The number of carbonyl (C=O) groups excluding carboxylic acids is 1. The van der Waals surface area contributed by atoms with Crippen molar-refractivity contribution in [3.8, 4) is 0 Å². The van der Waals surface area contributed by atoms with Gasteiger partial charge in [0.2, 0.25) is 0 Å². The second kappa shape index (κ2) is 10.6. The number of hydrogen-bond acceptors (Lipinski definition) is 3. The summed E-state index contributed by atoms with van der Waals surface area (Å²) in [5.74, 6) is -0.644. The Balaban J connectivity index is 1.67. The first-order chi connectivity index (χ1) is 14.2. The van der Waals surface area contributed by atoms with Gasteiger partial charge >= 0.3 is 5.97 Å². The van der Waals surface area contributed by atoms with Crippen molar-refractivity contribution >= 4 is 5.97 Å². The Morgan fingerprint density at radius 3 is 1.72 bits per heavy atom. The third kappa shape index (κ3) is 5.78. The van der Waals surface area contributed by atoms with Crippen molar-refractivity contribution in [2.45, 2.75) is 32.9 Å². The van der Waals surface area contributed by atoms with E-state index in [1.54, 1.807) is 0 Å². The van der Waals surface area contributed by atoms with Crippen LogP contribution in [0.2, 0.25) is 0 Å². The largest absolute Gasteiger partial charge is 0.460 e. The van der Waals surface area contributed by atoms with Gasteiger partial charge in [-0.1, -0.05) is 98.8 Å². The van der Waals surface area contributed by atoms with E-state index >= 15 is 0 Å². The average molecular weight is 388 g/mol. The summed E-state index contributed by atoms with van der Waals surface area (Å²) in [5.41, 5.74) is 4.16. The molecule has 0 heterocycles. The van der Waals surface area contributed by atoms with Gasteiger partial charge in [-0.25, -0.2) is 0 Å². The molecule has 0 spiro atoms. The second-order valence-electron chi connectivity index (χ2n) is 7.14. The van der Waals surface area contributed by atoms with Gasteiger partial charge < -0.3 is 4.74 Å². The maximum Gasteiger partial charge on any atom is 0.318 e. The molecule has 3 aromatic carbocycles. The molecule has 0 fully saturated rings. The second-order valence-corrected chi connectivity index (χ2v) is 7.14. The summed E-state index contributed by atoms with van der Waals surface area (Å²) in [7, 11) is 0. The summed E-state index contributed by atoms with van der Waals surface area (Å²) >= 11 is 0. The van der Waals surface area contributed by atoms with Crippen LogP contribution in [0.25, 0.3) is 0 Å². The summed E-state index contributed by atoms with van der Waals surface area (Å²) in [4.78, 5) is 15.4. The van der Waals surface area contributed by atoms with Gasteiger partial charge in [0.05, 0.1) is 0 Å². The molecule has 29 heavy (non-hydrogen) atoms. The van der Waals surface area contributed by atoms with E-state index < -0.39 is 5.92 Å². The van der Waals surface area contributed by atoms with E-state index in [0.29, 0.717) is 0 Å². The molecule has 0 aliphatic carbocycles. The predicted octanol–water partition coefficient (Wildman–Crippen LogP) is 5.40.